The molecular formula is C27H32ClN5O5. The van der Waals surface area contributed by atoms with Gasteiger partial charge >= 0.3 is 6.09 Å². The fourth-order valence-electron chi connectivity index (χ4n) is 4.71. The van der Waals surface area contributed by atoms with Crippen molar-refractivity contribution in [3.63, 3.8) is 0 Å². The molecule has 2 aliphatic rings. The number of nitrogens with zero attached hydrogens (tertiary/aromatic N) is 4. The lowest BCUT2D eigenvalue weighted by Gasteiger charge is -2.40. The van der Waals surface area contributed by atoms with Crippen LogP contribution in [0.1, 0.15) is 32.8 Å². The molecule has 0 spiro atoms. The summed E-state index contributed by atoms with van der Waals surface area (Å²) in [5, 5.41) is 8.88. The molecule has 38 heavy (non-hydrogen) atoms. The smallest absolute Gasteiger partial charge is 0.408 e. The number of likely N-dealkylation sites (tertiary alicyclic amines) is 1. The summed E-state index contributed by atoms with van der Waals surface area (Å²) in [7, 11) is 1.63. The summed E-state index contributed by atoms with van der Waals surface area (Å²) in [6.45, 7) is 5.50. The maximum atomic E-state index is 13.8. The Bertz CT molecular complexity index is 1230. The first-order valence-corrected chi connectivity index (χ1v) is 12.8. The fraction of sp³-hybridized carbons (Fsp3) is 0.444. The molecule has 1 saturated heterocycles. The van der Waals surface area contributed by atoms with Crippen molar-refractivity contribution in [1.82, 2.24) is 20.2 Å². The van der Waals surface area contributed by atoms with E-state index < -0.39 is 23.2 Å². The highest BCUT2D eigenvalue weighted by atomic mass is 35.5. The van der Waals surface area contributed by atoms with Crippen molar-refractivity contribution in [2.24, 2.45) is 10.5 Å². The zero-order valence-electron chi connectivity index (χ0n) is 21.9. The van der Waals surface area contributed by atoms with Gasteiger partial charge in [0.05, 0.1) is 16.9 Å². The number of hydrogen-bond donors (Lipinski definition) is 1. The number of halogens is 1. The number of rotatable bonds is 7. The second kappa shape index (κ2) is 11.0. The van der Waals surface area contributed by atoms with Crippen molar-refractivity contribution >= 4 is 35.2 Å². The summed E-state index contributed by atoms with van der Waals surface area (Å²) in [6.07, 6.45) is 3.02. The van der Waals surface area contributed by atoms with E-state index in [1.165, 1.54) is 17.4 Å². The minimum atomic E-state index is -1.08. The monoisotopic (exact) mass is 541 g/mol. The molecule has 0 unspecified atom stereocenters. The molecule has 1 fully saturated rings. The number of ether oxygens (including phenoxy) is 2. The Morgan fingerprint density at radius 2 is 1.95 bits per heavy atom. The molecule has 4 rings (SSSR count). The summed E-state index contributed by atoms with van der Waals surface area (Å²) in [6, 6.07) is 10.1. The normalized spacial score (nSPS) is 19.9. The van der Waals surface area contributed by atoms with Gasteiger partial charge in [-0.05, 0) is 32.8 Å². The van der Waals surface area contributed by atoms with E-state index in [4.69, 9.17) is 21.1 Å². The Hall–Kier alpha value is -3.66. The number of aromatic nitrogens is 1. The van der Waals surface area contributed by atoms with Gasteiger partial charge in [-0.2, -0.15) is 5.10 Å². The first-order chi connectivity index (χ1) is 18.0. The van der Waals surface area contributed by atoms with Gasteiger partial charge in [0.2, 0.25) is 5.91 Å². The molecule has 2 atom stereocenters. The molecule has 2 aromatic rings. The SMILES string of the molecule is CN1N=C2CCN(C(=O)[C@@H](COc3cncc(Cl)c3)NC(=O)OC(C)(C)C)C[C@@]2(Cc2ccccc2)C1=O. The highest BCUT2D eigenvalue weighted by Crippen LogP contribution is 2.38. The Morgan fingerprint density at radius 1 is 1.21 bits per heavy atom. The lowest BCUT2D eigenvalue weighted by molar-refractivity contribution is -0.141. The van der Waals surface area contributed by atoms with E-state index in [0.717, 1.165) is 11.3 Å². The van der Waals surface area contributed by atoms with Gasteiger partial charge in [-0.3, -0.25) is 14.6 Å². The van der Waals surface area contributed by atoms with Crippen molar-refractivity contribution in [1.29, 1.82) is 0 Å². The van der Waals surface area contributed by atoms with Crippen molar-refractivity contribution in [3.05, 3.63) is 59.4 Å². The summed E-state index contributed by atoms with van der Waals surface area (Å²) in [5.74, 6) is -0.200. The van der Waals surface area contributed by atoms with Crippen LogP contribution in [0.3, 0.4) is 0 Å². The van der Waals surface area contributed by atoms with Gasteiger partial charge in [-0.1, -0.05) is 41.9 Å². The highest BCUT2D eigenvalue weighted by Gasteiger charge is 2.54. The molecule has 202 valence electrons. The molecule has 11 heteroatoms. The van der Waals surface area contributed by atoms with Crippen LogP contribution in [0.4, 0.5) is 4.79 Å². The standard InChI is InChI=1S/C27H32ClN5O5/c1-26(2,3)38-25(36)30-21(16-37-20-12-19(28)14-29-15-20)23(34)33-11-10-22-27(17-33,24(35)32(4)31-22)13-18-8-6-5-7-9-18/h5-9,12,14-15,21H,10-11,13,16-17H2,1-4H3,(H,30,36)/t21-,27-/m1/s1. The molecule has 0 aliphatic carbocycles. The molecule has 0 radical (unpaired) electrons. The number of benzene rings is 1. The van der Waals surface area contributed by atoms with Crippen molar-refractivity contribution in [2.45, 2.75) is 45.3 Å². The first-order valence-electron chi connectivity index (χ1n) is 12.4. The number of amides is 3. The van der Waals surface area contributed by atoms with Crippen molar-refractivity contribution in [3.8, 4) is 5.75 Å². The summed E-state index contributed by atoms with van der Waals surface area (Å²) in [5.41, 5.74) is -0.000720. The molecule has 2 aliphatic heterocycles. The molecule has 0 bridgehead atoms. The van der Waals surface area contributed by atoms with Gasteiger partial charge in [0, 0.05) is 38.8 Å². The van der Waals surface area contributed by atoms with Crippen LogP contribution in [0.5, 0.6) is 5.75 Å². The summed E-state index contributed by atoms with van der Waals surface area (Å²) < 4.78 is 11.2. The number of nitrogens with one attached hydrogen (secondary N) is 1. The van der Waals surface area contributed by atoms with E-state index in [2.05, 4.69) is 15.4 Å². The van der Waals surface area contributed by atoms with Crippen LogP contribution in [-0.4, -0.2) is 76.9 Å². The van der Waals surface area contributed by atoms with Gasteiger partial charge < -0.3 is 19.7 Å². The van der Waals surface area contributed by atoms with E-state index in [9.17, 15) is 14.4 Å². The third-order valence-corrected chi connectivity index (χ3v) is 6.56. The average Bonchev–Trinajstić information content (AvgIpc) is 3.10. The second-order valence-corrected chi connectivity index (χ2v) is 10.9. The third kappa shape index (κ3) is 6.24. The number of alkyl carbamates (subject to hydrolysis) is 1. The predicted octanol–water partition coefficient (Wildman–Crippen LogP) is 3.30. The van der Waals surface area contributed by atoms with E-state index in [-0.39, 0.29) is 25.0 Å². The van der Waals surface area contributed by atoms with Crippen molar-refractivity contribution < 1.29 is 23.9 Å². The number of piperidine rings is 1. The maximum absolute atomic E-state index is 13.8. The number of hydrogen-bond acceptors (Lipinski definition) is 7. The highest BCUT2D eigenvalue weighted by molar-refractivity contribution is 6.30. The quantitative estimate of drug-likeness (QED) is 0.575. The molecule has 10 nitrogen and oxygen atoms in total. The van der Waals surface area contributed by atoms with Crippen molar-refractivity contribution in [2.75, 3.05) is 26.7 Å². The Kier molecular flexibility index (Phi) is 7.91. The zero-order valence-corrected chi connectivity index (χ0v) is 22.7. The molecule has 3 heterocycles. The van der Waals surface area contributed by atoms with Gasteiger partial charge in [0.15, 0.2) is 0 Å². The zero-order chi connectivity index (χ0) is 27.5. The first kappa shape index (κ1) is 27.4. The number of pyridine rings is 1. The van der Waals surface area contributed by atoms with E-state index in [1.807, 2.05) is 30.3 Å². The molecule has 1 aromatic carbocycles. The maximum Gasteiger partial charge on any atom is 0.408 e. The van der Waals surface area contributed by atoms with E-state index in [0.29, 0.717) is 30.2 Å². The average molecular weight is 542 g/mol. The lowest BCUT2D eigenvalue weighted by Crippen LogP contribution is -2.60. The lowest BCUT2D eigenvalue weighted by atomic mass is 9.73. The number of fused-ring (bicyclic) bond motifs is 1. The van der Waals surface area contributed by atoms with Crippen LogP contribution >= 0.6 is 11.6 Å². The Labute approximate surface area is 226 Å². The number of hydrazone groups is 1. The topological polar surface area (TPSA) is 113 Å². The largest absolute Gasteiger partial charge is 0.489 e. The van der Waals surface area contributed by atoms with Crippen LogP contribution in [0.25, 0.3) is 0 Å². The predicted molar refractivity (Wildman–Crippen MR) is 142 cm³/mol. The van der Waals surface area contributed by atoms with Crippen LogP contribution < -0.4 is 10.1 Å². The third-order valence-electron chi connectivity index (χ3n) is 6.35. The van der Waals surface area contributed by atoms with Crippen LogP contribution in [-0.2, 0) is 20.7 Å². The van der Waals surface area contributed by atoms with E-state index >= 15 is 0 Å². The van der Waals surface area contributed by atoms with E-state index in [1.54, 1.807) is 38.8 Å². The van der Waals surface area contributed by atoms with Crippen LogP contribution in [0.2, 0.25) is 5.02 Å². The van der Waals surface area contributed by atoms with Crippen LogP contribution in [0, 0.1) is 5.41 Å². The van der Waals surface area contributed by atoms with Gasteiger partial charge in [-0.25, -0.2) is 9.80 Å². The molecule has 1 N–H and O–H groups in total. The summed E-state index contributed by atoms with van der Waals surface area (Å²) >= 11 is 6.01. The molecule has 0 saturated carbocycles. The van der Waals surface area contributed by atoms with Gasteiger partial charge in [0.25, 0.3) is 5.91 Å². The minimum Gasteiger partial charge on any atom is -0.489 e. The molecule has 3 amide bonds. The fourth-order valence-corrected chi connectivity index (χ4v) is 4.87. The second-order valence-electron chi connectivity index (χ2n) is 10.5. The Morgan fingerprint density at radius 3 is 2.63 bits per heavy atom. The molecule has 1 aromatic heterocycles. The van der Waals surface area contributed by atoms with Gasteiger partial charge in [-0.15, -0.1) is 0 Å². The number of carbonyl (C=O) groups excluding carboxylic acids is 3. The van der Waals surface area contributed by atoms with Gasteiger partial charge in [0.1, 0.15) is 29.4 Å². The van der Waals surface area contributed by atoms with Crippen LogP contribution in [0.15, 0.2) is 53.9 Å². The minimum absolute atomic E-state index is 0.133. The number of carbonyl (C=O) groups is 3. The molecular weight excluding hydrogens is 510 g/mol. The summed E-state index contributed by atoms with van der Waals surface area (Å²) in [4.78, 5) is 45.5. The Balaban J connectivity index is 1.57.